The number of carbonyl (C=O) groups is 1. The van der Waals surface area contributed by atoms with Gasteiger partial charge in [0.05, 0.1) is 12.2 Å². The van der Waals surface area contributed by atoms with Gasteiger partial charge in [-0.3, -0.25) is 4.90 Å². The number of benzene rings is 1. The van der Waals surface area contributed by atoms with E-state index in [0.29, 0.717) is 6.54 Å². The molecule has 1 N–H and O–H groups in total. The van der Waals surface area contributed by atoms with Crippen LogP contribution in [0.3, 0.4) is 0 Å². The number of carbonyl (C=O) groups excluding carboxylic acids is 1. The van der Waals surface area contributed by atoms with Gasteiger partial charge in [-0.1, -0.05) is 18.2 Å². The topological polar surface area (TPSA) is 41.6 Å². The highest BCUT2D eigenvalue weighted by Gasteiger charge is 2.46. The van der Waals surface area contributed by atoms with Gasteiger partial charge in [-0.2, -0.15) is 0 Å². The fourth-order valence-corrected chi connectivity index (χ4v) is 3.19. The Balaban J connectivity index is 1.92. The van der Waals surface area contributed by atoms with Gasteiger partial charge in [0.1, 0.15) is 5.60 Å². The van der Waals surface area contributed by atoms with Gasteiger partial charge in [-0.15, -0.1) is 0 Å². The van der Waals surface area contributed by atoms with Crippen molar-refractivity contribution in [2.75, 3.05) is 24.5 Å². The Labute approximate surface area is 113 Å². The van der Waals surface area contributed by atoms with Gasteiger partial charge in [0.2, 0.25) is 0 Å². The lowest BCUT2D eigenvalue weighted by Crippen LogP contribution is -2.48. The average Bonchev–Trinajstić information content (AvgIpc) is 2.67. The quantitative estimate of drug-likeness (QED) is 0.843. The molecule has 1 aromatic rings. The molecule has 2 heterocycles. The van der Waals surface area contributed by atoms with Crippen molar-refractivity contribution in [2.24, 2.45) is 0 Å². The van der Waals surface area contributed by atoms with Crippen molar-refractivity contribution in [1.29, 1.82) is 0 Å². The number of hydrogen-bond donors (Lipinski definition) is 1. The van der Waals surface area contributed by atoms with Crippen LogP contribution in [-0.4, -0.2) is 31.3 Å². The SMILES string of the molecule is Cc1cccc(C)c1N1CC2(CCCNC2)OC1=O. The number of nitrogens with one attached hydrogen (secondary N) is 1. The van der Waals surface area contributed by atoms with Crippen molar-refractivity contribution in [3.05, 3.63) is 29.3 Å². The summed E-state index contributed by atoms with van der Waals surface area (Å²) >= 11 is 0. The second kappa shape index (κ2) is 4.53. The van der Waals surface area contributed by atoms with Gasteiger partial charge in [0.25, 0.3) is 0 Å². The second-order valence-electron chi connectivity index (χ2n) is 5.66. The zero-order valence-electron chi connectivity index (χ0n) is 11.5. The first-order chi connectivity index (χ1) is 9.11. The van der Waals surface area contributed by atoms with Crippen LogP contribution in [0.1, 0.15) is 24.0 Å². The minimum absolute atomic E-state index is 0.207. The van der Waals surface area contributed by atoms with Gasteiger partial charge in [-0.05, 0) is 44.4 Å². The van der Waals surface area contributed by atoms with Crippen molar-refractivity contribution in [2.45, 2.75) is 32.3 Å². The molecule has 1 unspecified atom stereocenters. The molecule has 0 radical (unpaired) electrons. The van der Waals surface area contributed by atoms with Gasteiger partial charge in [-0.25, -0.2) is 4.79 Å². The molecule has 19 heavy (non-hydrogen) atoms. The van der Waals surface area contributed by atoms with E-state index in [1.807, 2.05) is 32.0 Å². The Morgan fingerprint density at radius 2 is 2.05 bits per heavy atom. The van der Waals surface area contributed by atoms with Gasteiger partial charge < -0.3 is 10.1 Å². The number of para-hydroxylation sites is 1. The summed E-state index contributed by atoms with van der Waals surface area (Å²) in [4.78, 5) is 14.0. The van der Waals surface area contributed by atoms with Crippen LogP contribution < -0.4 is 10.2 Å². The number of anilines is 1. The van der Waals surface area contributed by atoms with E-state index >= 15 is 0 Å². The molecule has 0 saturated carbocycles. The minimum atomic E-state index is -0.329. The van der Waals surface area contributed by atoms with E-state index in [2.05, 4.69) is 5.32 Å². The molecule has 4 heteroatoms. The maximum atomic E-state index is 12.2. The third-order valence-corrected chi connectivity index (χ3v) is 4.11. The molecule has 4 nitrogen and oxygen atoms in total. The van der Waals surface area contributed by atoms with Crippen LogP contribution >= 0.6 is 0 Å². The molecule has 0 aliphatic carbocycles. The molecule has 2 aliphatic rings. The van der Waals surface area contributed by atoms with E-state index in [9.17, 15) is 4.79 Å². The molecule has 3 rings (SSSR count). The first-order valence-corrected chi connectivity index (χ1v) is 6.89. The highest BCUT2D eigenvalue weighted by Crippen LogP contribution is 2.35. The van der Waals surface area contributed by atoms with Crippen molar-refractivity contribution in [1.82, 2.24) is 5.32 Å². The number of ether oxygens (including phenoxy) is 1. The van der Waals surface area contributed by atoms with Gasteiger partial charge in [0.15, 0.2) is 0 Å². The molecule has 1 atom stereocenters. The maximum absolute atomic E-state index is 12.2. The fraction of sp³-hybridized carbons (Fsp3) is 0.533. The van der Waals surface area contributed by atoms with E-state index in [-0.39, 0.29) is 11.7 Å². The predicted molar refractivity (Wildman–Crippen MR) is 74.6 cm³/mol. The van der Waals surface area contributed by atoms with Gasteiger partial charge >= 0.3 is 6.09 Å². The Kier molecular flexibility index (Phi) is 2.97. The number of nitrogens with zero attached hydrogens (tertiary/aromatic N) is 1. The van der Waals surface area contributed by atoms with Crippen LogP contribution in [0.2, 0.25) is 0 Å². The summed E-state index contributed by atoms with van der Waals surface area (Å²) in [5.41, 5.74) is 2.93. The first-order valence-electron chi connectivity index (χ1n) is 6.89. The lowest BCUT2D eigenvalue weighted by atomic mass is 9.94. The highest BCUT2D eigenvalue weighted by atomic mass is 16.6. The molecule has 102 valence electrons. The Morgan fingerprint density at radius 3 is 2.68 bits per heavy atom. The molecular formula is C15H20N2O2. The normalized spacial score (nSPS) is 26.8. The molecule has 1 aromatic carbocycles. The van der Waals surface area contributed by atoms with E-state index in [4.69, 9.17) is 4.74 Å². The molecule has 2 aliphatic heterocycles. The minimum Gasteiger partial charge on any atom is -0.439 e. The van der Waals surface area contributed by atoms with Crippen LogP contribution in [0, 0.1) is 13.8 Å². The molecule has 1 spiro atoms. The summed E-state index contributed by atoms with van der Waals surface area (Å²) < 4.78 is 5.69. The van der Waals surface area contributed by atoms with E-state index in [0.717, 1.165) is 42.7 Å². The number of piperidine rings is 1. The summed E-state index contributed by atoms with van der Waals surface area (Å²) in [6, 6.07) is 6.10. The molecular weight excluding hydrogens is 240 g/mol. The summed E-state index contributed by atoms with van der Waals surface area (Å²) in [7, 11) is 0. The van der Waals surface area contributed by atoms with E-state index < -0.39 is 0 Å². The molecule has 0 bridgehead atoms. The lowest BCUT2D eigenvalue weighted by molar-refractivity contribution is 0.0366. The lowest BCUT2D eigenvalue weighted by Gasteiger charge is -2.31. The number of hydrogen-bond acceptors (Lipinski definition) is 3. The molecule has 2 saturated heterocycles. The van der Waals surface area contributed by atoms with Crippen LogP contribution in [-0.2, 0) is 4.74 Å². The summed E-state index contributed by atoms with van der Waals surface area (Å²) in [5.74, 6) is 0. The number of rotatable bonds is 1. The average molecular weight is 260 g/mol. The summed E-state index contributed by atoms with van der Waals surface area (Å²) in [6.45, 7) is 6.52. The van der Waals surface area contributed by atoms with Crippen LogP contribution in [0.25, 0.3) is 0 Å². The van der Waals surface area contributed by atoms with Crippen molar-refractivity contribution >= 4 is 11.8 Å². The number of aryl methyl sites for hydroxylation is 2. The van der Waals surface area contributed by atoms with Crippen LogP contribution in [0.4, 0.5) is 10.5 Å². The van der Waals surface area contributed by atoms with Crippen molar-refractivity contribution in [3.8, 4) is 0 Å². The second-order valence-corrected chi connectivity index (χ2v) is 5.66. The third-order valence-electron chi connectivity index (χ3n) is 4.11. The zero-order valence-corrected chi connectivity index (χ0v) is 11.5. The Morgan fingerprint density at radius 1 is 1.32 bits per heavy atom. The van der Waals surface area contributed by atoms with Crippen LogP contribution in [0.15, 0.2) is 18.2 Å². The van der Waals surface area contributed by atoms with Crippen LogP contribution in [0.5, 0.6) is 0 Å². The monoisotopic (exact) mass is 260 g/mol. The third kappa shape index (κ3) is 2.10. The molecule has 0 aromatic heterocycles. The first kappa shape index (κ1) is 12.5. The van der Waals surface area contributed by atoms with Crippen molar-refractivity contribution in [3.63, 3.8) is 0 Å². The number of amides is 1. The Hall–Kier alpha value is -1.55. The predicted octanol–water partition coefficient (Wildman–Crippen LogP) is 2.38. The summed E-state index contributed by atoms with van der Waals surface area (Å²) in [5, 5.41) is 3.34. The standard InChI is InChI=1S/C15H20N2O2/c1-11-5-3-6-12(2)13(11)17-10-15(19-14(17)18)7-4-8-16-9-15/h3,5-6,16H,4,7-10H2,1-2H3. The van der Waals surface area contributed by atoms with E-state index in [1.165, 1.54) is 0 Å². The maximum Gasteiger partial charge on any atom is 0.415 e. The largest absolute Gasteiger partial charge is 0.439 e. The smallest absolute Gasteiger partial charge is 0.415 e. The van der Waals surface area contributed by atoms with Gasteiger partial charge in [0, 0.05) is 6.54 Å². The Bertz CT molecular complexity index is 487. The zero-order chi connectivity index (χ0) is 13.5. The molecule has 1 amide bonds. The summed E-state index contributed by atoms with van der Waals surface area (Å²) in [6.07, 6.45) is 1.81. The highest BCUT2D eigenvalue weighted by molar-refractivity contribution is 5.92. The van der Waals surface area contributed by atoms with E-state index in [1.54, 1.807) is 4.90 Å². The van der Waals surface area contributed by atoms with Crippen molar-refractivity contribution < 1.29 is 9.53 Å². The molecule has 2 fully saturated rings. The fourth-order valence-electron chi connectivity index (χ4n) is 3.19.